The largest absolute Gasteiger partial charge is 0.462 e. The zero-order valence-electron chi connectivity index (χ0n) is 13.0. The van der Waals surface area contributed by atoms with Crippen LogP contribution in [0, 0.1) is 12.8 Å². The van der Waals surface area contributed by atoms with Crippen LogP contribution >= 0.6 is 11.3 Å². The first-order valence-electron chi connectivity index (χ1n) is 7.56. The maximum absolute atomic E-state index is 12.3. The Morgan fingerprint density at radius 3 is 2.95 bits per heavy atom. The number of hydrogen-bond acceptors (Lipinski definition) is 5. The van der Waals surface area contributed by atoms with Crippen LogP contribution < -0.4 is 5.32 Å². The number of nitrogens with one attached hydrogen (secondary N) is 1. The number of carbonyl (C=O) groups is 1. The van der Waals surface area contributed by atoms with Gasteiger partial charge in [0.15, 0.2) is 10.8 Å². The molecule has 1 atom stereocenters. The van der Waals surface area contributed by atoms with Gasteiger partial charge in [-0.3, -0.25) is 4.79 Å². The van der Waals surface area contributed by atoms with Crippen LogP contribution in [0.5, 0.6) is 0 Å². The maximum atomic E-state index is 12.3. The van der Waals surface area contributed by atoms with E-state index in [1.807, 2.05) is 13.0 Å². The molecule has 0 aromatic carbocycles. The number of amides is 1. The lowest BCUT2D eigenvalue weighted by atomic mass is 10.0. The third-order valence-corrected chi connectivity index (χ3v) is 4.51. The third-order valence-electron chi connectivity index (χ3n) is 3.53. The Morgan fingerprint density at radius 2 is 2.32 bits per heavy atom. The molecule has 2 aromatic heterocycles. The molecule has 0 saturated heterocycles. The van der Waals surface area contributed by atoms with Crippen molar-refractivity contribution >= 4 is 17.2 Å². The molecule has 0 bridgehead atoms. The number of aromatic nitrogens is 1. The summed E-state index contributed by atoms with van der Waals surface area (Å²) in [4.78, 5) is 17.6. The van der Waals surface area contributed by atoms with Gasteiger partial charge < -0.3 is 14.8 Å². The molecule has 0 fully saturated rings. The Balaban J connectivity index is 2.00. The molecule has 6 heteroatoms. The summed E-state index contributed by atoms with van der Waals surface area (Å²) in [6, 6.07) is 3.63. The van der Waals surface area contributed by atoms with Crippen LogP contribution in [0.15, 0.2) is 22.8 Å². The minimum atomic E-state index is -0.161. The fourth-order valence-electron chi connectivity index (χ4n) is 2.37. The predicted octanol–water partition coefficient (Wildman–Crippen LogP) is 3.24. The average Bonchev–Trinajstić information content (AvgIpc) is 3.14. The highest BCUT2D eigenvalue weighted by molar-refractivity contribution is 7.15. The van der Waals surface area contributed by atoms with Gasteiger partial charge in [-0.05, 0) is 37.8 Å². The van der Waals surface area contributed by atoms with Crippen LogP contribution in [-0.2, 0) is 0 Å². The second-order valence-electron chi connectivity index (χ2n) is 5.28. The highest BCUT2D eigenvalue weighted by atomic mass is 32.1. The first-order chi connectivity index (χ1) is 10.7. The van der Waals surface area contributed by atoms with Crippen LogP contribution in [-0.4, -0.2) is 29.1 Å². The van der Waals surface area contributed by atoms with E-state index in [1.165, 1.54) is 11.3 Å². The molecule has 2 heterocycles. The van der Waals surface area contributed by atoms with Gasteiger partial charge in [0.2, 0.25) is 0 Å². The number of thiazole rings is 1. The molecule has 2 aromatic rings. The van der Waals surface area contributed by atoms with Crippen LogP contribution in [0.3, 0.4) is 0 Å². The van der Waals surface area contributed by atoms with E-state index in [2.05, 4.69) is 17.2 Å². The Hall–Kier alpha value is -1.66. The van der Waals surface area contributed by atoms with Crippen molar-refractivity contribution in [3.8, 4) is 10.8 Å². The number of aliphatic hydroxyl groups is 1. The second kappa shape index (κ2) is 8.10. The number of rotatable bonds is 8. The van der Waals surface area contributed by atoms with Crippen LogP contribution in [0.4, 0.5) is 0 Å². The van der Waals surface area contributed by atoms with Crippen molar-refractivity contribution in [2.45, 2.75) is 33.1 Å². The maximum Gasteiger partial charge on any atom is 0.271 e. The summed E-state index contributed by atoms with van der Waals surface area (Å²) in [6.45, 7) is 4.71. The molecule has 0 radical (unpaired) electrons. The van der Waals surface area contributed by atoms with E-state index in [4.69, 9.17) is 9.52 Å². The first-order valence-corrected chi connectivity index (χ1v) is 8.37. The van der Waals surface area contributed by atoms with Gasteiger partial charge in [-0.1, -0.05) is 13.3 Å². The summed E-state index contributed by atoms with van der Waals surface area (Å²) < 4.78 is 5.32. The number of aryl methyl sites for hydroxylation is 1. The molecule has 0 aliphatic rings. The SMILES string of the molecule is CCCC(CCO)CNC(=O)c1nc(-c2ccco2)sc1C. The smallest absolute Gasteiger partial charge is 0.271 e. The third kappa shape index (κ3) is 4.18. The zero-order chi connectivity index (χ0) is 15.9. The Morgan fingerprint density at radius 1 is 1.50 bits per heavy atom. The van der Waals surface area contributed by atoms with Crippen molar-refractivity contribution in [2.24, 2.45) is 5.92 Å². The second-order valence-corrected chi connectivity index (χ2v) is 6.48. The molecule has 0 aliphatic carbocycles. The van der Waals surface area contributed by atoms with Gasteiger partial charge in [-0.25, -0.2) is 4.98 Å². The minimum absolute atomic E-state index is 0.152. The molecule has 120 valence electrons. The summed E-state index contributed by atoms with van der Waals surface area (Å²) >= 11 is 1.45. The van der Waals surface area contributed by atoms with E-state index >= 15 is 0 Å². The van der Waals surface area contributed by atoms with Crippen LogP contribution in [0.2, 0.25) is 0 Å². The first kappa shape index (κ1) is 16.7. The zero-order valence-corrected chi connectivity index (χ0v) is 13.8. The standard InChI is InChI=1S/C16H22N2O3S/c1-3-5-12(7-8-19)10-17-15(20)14-11(2)22-16(18-14)13-6-4-9-21-13/h4,6,9,12,19H,3,5,7-8,10H2,1-2H3,(H,17,20). The molecule has 1 unspecified atom stereocenters. The highest BCUT2D eigenvalue weighted by Crippen LogP contribution is 2.27. The molecule has 0 spiro atoms. The number of nitrogens with zero attached hydrogens (tertiary/aromatic N) is 1. The van der Waals surface area contributed by atoms with E-state index < -0.39 is 0 Å². The van der Waals surface area contributed by atoms with Crippen molar-refractivity contribution in [2.75, 3.05) is 13.2 Å². The lowest BCUT2D eigenvalue weighted by molar-refractivity contribution is 0.0938. The quantitative estimate of drug-likeness (QED) is 0.782. The molecule has 22 heavy (non-hydrogen) atoms. The van der Waals surface area contributed by atoms with E-state index in [1.54, 1.807) is 12.3 Å². The molecule has 2 N–H and O–H groups in total. The molecular formula is C16H22N2O3S. The lowest BCUT2D eigenvalue weighted by Crippen LogP contribution is -2.30. The Labute approximate surface area is 134 Å². The molecule has 0 saturated carbocycles. The number of carbonyl (C=O) groups excluding carboxylic acids is 1. The fraction of sp³-hybridized carbons (Fsp3) is 0.500. The summed E-state index contributed by atoms with van der Waals surface area (Å²) in [5, 5.41) is 12.7. The van der Waals surface area contributed by atoms with Gasteiger partial charge in [-0.2, -0.15) is 0 Å². The molecule has 2 rings (SSSR count). The normalized spacial score (nSPS) is 12.3. The monoisotopic (exact) mass is 322 g/mol. The van der Waals surface area contributed by atoms with Gasteiger partial charge in [0.05, 0.1) is 6.26 Å². The Kier molecular flexibility index (Phi) is 6.15. The minimum Gasteiger partial charge on any atom is -0.462 e. The number of hydrogen-bond donors (Lipinski definition) is 2. The van der Waals surface area contributed by atoms with Gasteiger partial charge >= 0.3 is 0 Å². The van der Waals surface area contributed by atoms with E-state index in [0.717, 1.165) is 17.7 Å². The number of aliphatic hydroxyl groups excluding tert-OH is 1. The molecule has 0 aliphatic heterocycles. The summed E-state index contributed by atoms with van der Waals surface area (Å²) in [6.07, 6.45) is 4.34. The van der Waals surface area contributed by atoms with Crippen molar-refractivity contribution < 1.29 is 14.3 Å². The van der Waals surface area contributed by atoms with Crippen LogP contribution in [0.25, 0.3) is 10.8 Å². The van der Waals surface area contributed by atoms with Gasteiger partial charge in [0.1, 0.15) is 5.69 Å². The highest BCUT2D eigenvalue weighted by Gasteiger charge is 2.18. The van der Waals surface area contributed by atoms with Crippen LogP contribution in [0.1, 0.15) is 41.6 Å². The average molecular weight is 322 g/mol. The van der Waals surface area contributed by atoms with Gasteiger partial charge in [-0.15, -0.1) is 11.3 Å². The summed E-state index contributed by atoms with van der Waals surface area (Å²) in [5.41, 5.74) is 0.454. The number of furan rings is 1. The predicted molar refractivity (Wildman–Crippen MR) is 87.0 cm³/mol. The lowest BCUT2D eigenvalue weighted by Gasteiger charge is -2.15. The van der Waals surface area contributed by atoms with Gasteiger partial charge in [0.25, 0.3) is 5.91 Å². The van der Waals surface area contributed by atoms with Crippen molar-refractivity contribution in [1.29, 1.82) is 0 Å². The van der Waals surface area contributed by atoms with E-state index in [9.17, 15) is 4.79 Å². The summed E-state index contributed by atoms with van der Waals surface area (Å²) in [7, 11) is 0. The molecular weight excluding hydrogens is 300 g/mol. The summed E-state index contributed by atoms with van der Waals surface area (Å²) in [5.74, 6) is 0.823. The van der Waals surface area contributed by atoms with Crippen molar-refractivity contribution in [3.05, 3.63) is 29.0 Å². The van der Waals surface area contributed by atoms with Crippen molar-refractivity contribution in [1.82, 2.24) is 10.3 Å². The van der Waals surface area contributed by atoms with Gasteiger partial charge in [0, 0.05) is 18.0 Å². The topological polar surface area (TPSA) is 75.4 Å². The molecule has 5 nitrogen and oxygen atoms in total. The Bertz CT molecular complexity index is 587. The van der Waals surface area contributed by atoms with Crippen molar-refractivity contribution in [3.63, 3.8) is 0 Å². The van der Waals surface area contributed by atoms with E-state index in [-0.39, 0.29) is 12.5 Å². The molecule has 1 amide bonds. The fourth-order valence-corrected chi connectivity index (χ4v) is 3.25. The van der Waals surface area contributed by atoms with E-state index in [0.29, 0.717) is 35.3 Å².